The van der Waals surface area contributed by atoms with Gasteiger partial charge >= 0.3 is 18.1 Å². The van der Waals surface area contributed by atoms with Crippen LogP contribution >= 0.6 is 11.3 Å². The van der Waals surface area contributed by atoms with Crippen molar-refractivity contribution in [2.24, 2.45) is 0 Å². The van der Waals surface area contributed by atoms with Gasteiger partial charge in [-0.15, -0.1) is 11.3 Å². The lowest BCUT2D eigenvalue weighted by Gasteiger charge is -2.24. The zero-order valence-electron chi connectivity index (χ0n) is 20.8. The molecule has 0 aliphatic carbocycles. The molecule has 0 saturated carbocycles. The van der Waals surface area contributed by atoms with Gasteiger partial charge in [0.15, 0.2) is 0 Å². The maximum Gasteiger partial charge on any atom is 0.471 e. The van der Waals surface area contributed by atoms with Crippen molar-refractivity contribution in [3.8, 4) is 10.4 Å². The molecular weight excluding hydrogens is 549 g/mol. The lowest BCUT2D eigenvalue weighted by Crippen LogP contribution is -2.41. The van der Waals surface area contributed by atoms with Crippen LogP contribution in [0.25, 0.3) is 10.4 Å². The van der Waals surface area contributed by atoms with Gasteiger partial charge < -0.3 is 9.64 Å². The van der Waals surface area contributed by atoms with Crippen molar-refractivity contribution in [2.75, 3.05) is 25.6 Å². The highest BCUT2D eigenvalue weighted by molar-refractivity contribution is 7.20. The van der Waals surface area contributed by atoms with E-state index in [2.05, 4.69) is 0 Å². The number of rotatable bonds is 9. The molecule has 0 aliphatic heterocycles. The van der Waals surface area contributed by atoms with Crippen LogP contribution in [0.15, 0.2) is 42.5 Å². The normalized spacial score (nSPS) is 11.5. The van der Waals surface area contributed by atoms with Gasteiger partial charge in [-0.2, -0.15) is 13.2 Å². The summed E-state index contributed by atoms with van der Waals surface area (Å²) in [7, 11) is 3.25. The number of benzene rings is 2. The van der Waals surface area contributed by atoms with E-state index in [1.807, 2.05) is 0 Å². The number of hydrogen-bond acceptors (Lipinski definition) is 7. The largest absolute Gasteiger partial charge is 0.471 e. The van der Waals surface area contributed by atoms with Gasteiger partial charge in [0, 0.05) is 34.7 Å². The Morgan fingerprint density at radius 2 is 1.59 bits per heavy atom. The van der Waals surface area contributed by atoms with Crippen molar-refractivity contribution < 1.29 is 41.2 Å². The molecule has 0 unspecified atom stereocenters. The Kier molecular flexibility index (Phi) is 9.02. The summed E-state index contributed by atoms with van der Waals surface area (Å²) in [5, 5.41) is 10.6. The molecule has 3 rings (SSSR count). The molecule has 0 saturated heterocycles. The van der Waals surface area contributed by atoms with E-state index >= 15 is 0 Å². The number of nitro groups is 1. The third kappa shape index (κ3) is 6.57. The standard InChI is InChI=1S/C25H22F5N3O5S/c1-4-38-23(34)20-17(12-31(2)3)21(14-8-10-15(11-9-14)33(36)37)39-22(20)32(24(35)25(28,29)30)13-16-18(26)6-5-7-19(16)27/h5-11H,4,12-13H2,1-3H3. The van der Waals surface area contributed by atoms with Crippen molar-refractivity contribution >= 4 is 33.9 Å². The van der Waals surface area contributed by atoms with Gasteiger partial charge in [-0.1, -0.05) is 6.07 Å². The van der Waals surface area contributed by atoms with E-state index in [0.29, 0.717) is 16.9 Å². The van der Waals surface area contributed by atoms with Crippen LogP contribution < -0.4 is 4.90 Å². The SMILES string of the molecule is CCOC(=O)c1c(N(Cc2c(F)cccc2F)C(=O)C(F)(F)F)sc(-c2ccc([N+](=O)[O-])cc2)c1CN(C)C. The van der Waals surface area contributed by atoms with Crippen molar-refractivity contribution in [3.63, 3.8) is 0 Å². The molecule has 0 radical (unpaired) electrons. The van der Waals surface area contributed by atoms with Crippen LogP contribution in [0.5, 0.6) is 0 Å². The summed E-state index contributed by atoms with van der Waals surface area (Å²) in [6.07, 6.45) is -5.47. The van der Waals surface area contributed by atoms with Crippen LogP contribution in [-0.4, -0.2) is 48.6 Å². The third-order valence-corrected chi connectivity index (χ3v) is 6.70. The second-order valence-electron chi connectivity index (χ2n) is 8.44. The van der Waals surface area contributed by atoms with E-state index in [4.69, 9.17) is 4.74 Å². The van der Waals surface area contributed by atoms with Crippen LogP contribution in [0, 0.1) is 21.7 Å². The van der Waals surface area contributed by atoms with Gasteiger partial charge in [-0.25, -0.2) is 13.6 Å². The molecule has 39 heavy (non-hydrogen) atoms. The first kappa shape index (κ1) is 29.6. The predicted molar refractivity (Wildman–Crippen MR) is 133 cm³/mol. The van der Waals surface area contributed by atoms with Gasteiger partial charge in [-0.3, -0.25) is 19.8 Å². The average molecular weight is 572 g/mol. The number of alkyl halides is 3. The highest BCUT2D eigenvalue weighted by atomic mass is 32.1. The number of hydrogen-bond donors (Lipinski definition) is 0. The number of anilines is 1. The van der Waals surface area contributed by atoms with Gasteiger partial charge in [0.2, 0.25) is 0 Å². The van der Waals surface area contributed by atoms with Gasteiger partial charge in [-0.05, 0) is 50.8 Å². The molecule has 1 aromatic heterocycles. The topological polar surface area (TPSA) is 93.0 Å². The number of halogens is 5. The predicted octanol–water partition coefficient (Wildman–Crippen LogP) is 5.94. The summed E-state index contributed by atoms with van der Waals surface area (Å²) in [5.41, 5.74) is -0.987. The Morgan fingerprint density at radius 1 is 1.00 bits per heavy atom. The number of nitro benzene ring substituents is 1. The molecule has 208 valence electrons. The molecule has 3 aromatic rings. The van der Waals surface area contributed by atoms with E-state index in [1.54, 1.807) is 19.0 Å². The first-order valence-electron chi connectivity index (χ1n) is 11.3. The molecule has 8 nitrogen and oxygen atoms in total. The summed E-state index contributed by atoms with van der Waals surface area (Å²) in [6, 6.07) is 7.70. The van der Waals surface area contributed by atoms with Crippen molar-refractivity contribution in [3.05, 3.63) is 80.9 Å². The van der Waals surface area contributed by atoms with Crippen LogP contribution in [0.3, 0.4) is 0 Å². The molecule has 1 heterocycles. The first-order chi connectivity index (χ1) is 18.3. The average Bonchev–Trinajstić information content (AvgIpc) is 3.21. The molecular formula is C25H22F5N3O5S. The van der Waals surface area contributed by atoms with E-state index in [9.17, 15) is 41.7 Å². The second kappa shape index (κ2) is 11.9. The Labute approximate surface area is 223 Å². The number of ether oxygens (including phenoxy) is 1. The monoisotopic (exact) mass is 571 g/mol. The van der Waals surface area contributed by atoms with Crippen LogP contribution in [0.2, 0.25) is 0 Å². The van der Waals surface area contributed by atoms with Gasteiger partial charge in [0.1, 0.15) is 16.6 Å². The van der Waals surface area contributed by atoms with E-state index in [0.717, 1.165) is 18.2 Å². The molecule has 0 atom stereocenters. The molecule has 2 aromatic carbocycles. The van der Waals surface area contributed by atoms with Crippen LogP contribution in [0.4, 0.5) is 32.6 Å². The highest BCUT2D eigenvalue weighted by Gasteiger charge is 2.45. The van der Waals surface area contributed by atoms with Crippen molar-refractivity contribution in [2.45, 2.75) is 26.2 Å². The Morgan fingerprint density at radius 3 is 2.08 bits per heavy atom. The zero-order chi connectivity index (χ0) is 29.1. The third-order valence-electron chi connectivity index (χ3n) is 5.39. The number of carbonyl (C=O) groups is 2. The van der Waals surface area contributed by atoms with Crippen LogP contribution in [-0.2, 0) is 22.6 Å². The molecule has 0 N–H and O–H groups in total. The number of thiophene rings is 1. The fourth-order valence-electron chi connectivity index (χ4n) is 3.72. The van der Waals surface area contributed by atoms with E-state index in [1.165, 1.54) is 31.2 Å². The minimum Gasteiger partial charge on any atom is -0.462 e. The Balaban J connectivity index is 2.35. The smallest absolute Gasteiger partial charge is 0.462 e. The van der Waals surface area contributed by atoms with Crippen molar-refractivity contribution in [1.82, 2.24) is 4.90 Å². The van der Waals surface area contributed by atoms with Crippen LogP contribution in [0.1, 0.15) is 28.4 Å². The quantitative estimate of drug-likeness (QED) is 0.137. The maximum atomic E-state index is 14.5. The van der Waals surface area contributed by atoms with E-state index < -0.39 is 57.3 Å². The fourth-order valence-corrected chi connectivity index (χ4v) is 5.02. The highest BCUT2D eigenvalue weighted by Crippen LogP contribution is 2.45. The zero-order valence-corrected chi connectivity index (χ0v) is 21.7. The van der Waals surface area contributed by atoms with E-state index in [-0.39, 0.29) is 34.2 Å². The van der Waals surface area contributed by atoms with Gasteiger partial charge in [0.05, 0.1) is 23.6 Å². The number of non-ortho nitro benzene ring substituents is 1. The molecule has 0 bridgehead atoms. The second-order valence-corrected chi connectivity index (χ2v) is 9.44. The molecule has 0 spiro atoms. The molecule has 14 heteroatoms. The summed E-state index contributed by atoms with van der Waals surface area (Å²) in [5.74, 6) is -5.88. The Hall–Kier alpha value is -3.91. The lowest BCUT2D eigenvalue weighted by molar-refractivity contribution is -0.384. The maximum absolute atomic E-state index is 14.5. The molecule has 1 amide bonds. The summed E-state index contributed by atoms with van der Waals surface area (Å²) in [4.78, 5) is 38.2. The summed E-state index contributed by atoms with van der Waals surface area (Å²) in [6.45, 7) is 0.127. The lowest BCUT2D eigenvalue weighted by atomic mass is 10.0. The number of nitrogens with zero attached hydrogens (tertiary/aromatic N) is 3. The first-order valence-corrected chi connectivity index (χ1v) is 12.1. The fraction of sp³-hybridized carbons (Fsp3) is 0.280. The number of amides is 1. The number of esters is 1. The van der Waals surface area contributed by atoms with Crippen molar-refractivity contribution in [1.29, 1.82) is 0 Å². The minimum atomic E-state index is -5.47. The van der Waals surface area contributed by atoms with Gasteiger partial charge in [0.25, 0.3) is 5.69 Å². The summed E-state index contributed by atoms with van der Waals surface area (Å²) < 4.78 is 75.4. The minimum absolute atomic E-state index is 0.0148. The summed E-state index contributed by atoms with van der Waals surface area (Å²) >= 11 is 0.596. The molecule has 0 aliphatic rings. The molecule has 0 fully saturated rings. The Bertz CT molecular complexity index is 1370. The number of carbonyl (C=O) groups excluding carboxylic acids is 2.